The van der Waals surface area contributed by atoms with Gasteiger partial charge in [-0.3, -0.25) is 0 Å². The average Bonchev–Trinajstić information content (AvgIpc) is 2.44. The SMILES string of the molecule is CCC(C)CC(C)CC(C)CCc1ccc(O)c(C(F)(F)F)c1. The molecule has 0 fully saturated rings. The van der Waals surface area contributed by atoms with Crippen molar-refractivity contribution in [3.05, 3.63) is 29.3 Å². The molecule has 0 bridgehead atoms. The van der Waals surface area contributed by atoms with E-state index < -0.39 is 17.5 Å². The molecule has 1 aromatic carbocycles. The van der Waals surface area contributed by atoms with Gasteiger partial charge in [-0.15, -0.1) is 0 Å². The maximum absolute atomic E-state index is 12.8. The molecule has 0 aliphatic heterocycles. The van der Waals surface area contributed by atoms with Crippen LogP contribution in [-0.4, -0.2) is 5.11 Å². The highest BCUT2D eigenvalue weighted by Crippen LogP contribution is 2.36. The minimum atomic E-state index is -4.50. The first-order valence-corrected chi connectivity index (χ1v) is 8.52. The average molecular weight is 330 g/mol. The molecule has 3 atom stereocenters. The molecule has 0 aromatic heterocycles. The van der Waals surface area contributed by atoms with E-state index in [1.54, 1.807) is 6.07 Å². The fourth-order valence-corrected chi connectivity index (χ4v) is 3.13. The second kappa shape index (κ2) is 8.60. The van der Waals surface area contributed by atoms with Crippen LogP contribution < -0.4 is 0 Å². The van der Waals surface area contributed by atoms with Gasteiger partial charge in [-0.2, -0.15) is 13.2 Å². The predicted octanol–water partition coefficient (Wildman–Crippen LogP) is 6.44. The Labute approximate surface area is 137 Å². The number of aromatic hydroxyl groups is 1. The molecule has 4 heteroatoms. The van der Waals surface area contributed by atoms with Crippen LogP contribution in [0.15, 0.2) is 18.2 Å². The van der Waals surface area contributed by atoms with Gasteiger partial charge in [0.1, 0.15) is 5.75 Å². The number of rotatable bonds is 8. The largest absolute Gasteiger partial charge is 0.507 e. The lowest BCUT2D eigenvalue weighted by molar-refractivity contribution is -0.138. The molecule has 23 heavy (non-hydrogen) atoms. The van der Waals surface area contributed by atoms with E-state index in [4.69, 9.17) is 0 Å². The summed E-state index contributed by atoms with van der Waals surface area (Å²) < 4.78 is 38.4. The Morgan fingerprint density at radius 1 is 1.00 bits per heavy atom. The summed E-state index contributed by atoms with van der Waals surface area (Å²) in [5.41, 5.74) is -0.302. The van der Waals surface area contributed by atoms with Crippen molar-refractivity contribution >= 4 is 0 Å². The van der Waals surface area contributed by atoms with Crippen molar-refractivity contribution in [1.82, 2.24) is 0 Å². The zero-order valence-corrected chi connectivity index (χ0v) is 14.6. The molecular weight excluding hydrogens is 301 g/mol. The third-order valence-corrected chi connectivity index (χ3v) is 4.60. The summed E-state index contributed by atoms with van der Waals surface area (Å²) >= 11 is 0. The van der Waals surface area contributed by atoms with E-state index >= 15 is 0 Å². The monoisotopic (exact) mass is 330 g/mol. The third kappa shape index (κ3) is 6.84. The van der Waals surface area contributed by atoms with Gasteiger partial charge in [-0.1, -0.05) is 40.2 Å². The summed E-state index contributed by atoms with van der Waals surface area (Å²) in [6, 6.07) is 3.80. The lowest BCUT2D eigenvalue weighted by Gasteiger charge is -2.20. The minimum absolute atomic E-state index is 0.484. The Balaban J connectivity index is 2.55. The summed E-state index contributed by atoms with van der Waals surface area (Å²) in [6.45, 7) is 8.88. The van der Waals surface area contributed by atoms with Crippen LogP contribution in [0.5, 0.6) is 5.75 Å². The van der Waals surface area contributed by atoms with Gasteiger partial charge in [0.05, 0.1) is 5.56 Å². The number of halogens is 3. The molecule has 0 spiro atoms. The highest BCUT2D eigenvalue weighted by atomic mass is 19.4. The van der Waals surface area contributed by atoms with Crippen LogP contribution in [0.1, 0.15) is 64.5 Å². The molecule has 0 saturated carbocycles. The number of hydrogen-bond acceptors (Lipinski definition) is 1. The zero-order chi connectivity index (χ0) is 17.6. The summed E-state index contributed by atoms with van der Waals surface area (Å²) in [6.07, 6.45) is 0.475. The quantitative estimate of drug-likeness (QED) is 0.581. The molecule has 0 heterocycles. The molecule has 1 N–H and O–H groups in total. The smallest absolute Gasteiger partial charge is 0.419 e. The van der Waals surface area contributed by atoms with E-state index in [9.17, 15) is 18.3 Å². The van der Waals surface area contributed by atoms with Crippen LogP contribution >= 0.6 is 0 Å². The molecule has 1 aromatic rings. The molecule has 0 aliphatic rings. The Bertz CT molecular complexity index is 482. The highest BCUT2D eigenvalue weighted by Gasteiger charge is 2.33. The summed E-state index contributed by atoms with van der Waals surface area (Å²) in [5.74, 6) is 1.16. The van der Waals surface area contributed by atoms with Crippen molar-refractivity contribution in [3.8, 4) is 5.75 Å². The number of alkyl halides is 3. The highest BCUT2D eigenvalue weighted by molar-refractivity contribution is 5.38. The molecule has 0 saturated heterocycles. The fraction of sp³-hybridized carbons (Fsp3) is 0.684. The molecule has 0 radical (unpaired) electrons. The molecule has 3 unspecified atom stereocenters. The fourth-order valence-electron chi connectivity index (χ4n) is 3.13. The van der Waals surface area contributed by atoms with Crippen molar-refractivity contribution in [2.75, 3.05) is 0 Å². The first kappa shape index (κ1) is 19.9. The van der Waals surface area contributed by atoms with E-state index in [2.05, 4.69) is 27.7 Å². The second-order valence-corrected chi connectivity index (χ2v) is 7.08. The van der Waals surface area contributed by atoms with Crippen molar-refractivity contribution in [1.29, 1.82) is 0 Å². The van der Waals surface area contributed by atoms with Crippen LogP contribution in [0.2, 0.25) is 0 Å². The number of phenols is 1. The first-order chi connectivity index (χ1) is 10.6. The maximum Gasteiger partial charge on any atom is 0.419 e. The predicted molar refractivity (Wildman–Crippen MR) is 88.4 cm³/mol. The molecule has 132 valence electrons. The molecule has 0 amide bonds. The van der Waals surface area contributed by atoms with Gasteiger partial charge < -0.3 is 5.11 Å². The Kier molecular flexibility index (Phi) is 7.43. The van der Waals surface area contributed by atoms with Gasteiger partial charge in [0.15, 0.2) is 0 Å². The van der Waals surface area contributed by atoms with E-state index in [0.717, 1.165) is 30.9 Å². The second-order valence-electron chi connectivity index (χ2n) is 7.08. The van der Waals surface area contributed by atoms with Crippen molar-refractivity contribution < 1.29 is 18.3 Å². The van der Waals surface area contributed by atoms with Gasteiger partial charge in [0.25, 0.3) is 0 Å². The zero-order valence-electron chi connectivity index (χ0n) is 14.6. The number of hydrogen-bond donors (Lipinski definition) is 1. The van der Waals surface area contributed by atoms with Crippen molar-refractivity contribution in [3.63, 3.8) is 0 Å². The van der Waals surface area contributed by atoms with Gasteiger partial charge in [-0.05, 0) is 61.1 Å². The Morgan fingerprint density at radius 3 is 2.17 bits per heavy atom. The van der Waals surface area contributed by atoms with Gasteiger partial charge in [-0.25, -0.2) is 0 Å². The molecular formula is C19H29F3O. The minimum Gasteiger partial charge on any atom is -0.507 e. The van der Waals surface area contributed by atoms with Crippen molar-refractivity contribution in [2.45, 2.75) is 66.0 Å². The van der Waals surface area contributed by atoms with Crippen LogP contribution in [-0.2, 0) is 12.6 Å². The third-order valence-electron chi connectivity index (χ3n) is 4.60. The summed E-state index contributed by atoms with van der Waals surface area (Å²) in [7, 11) is 0. The normalized spacial score (nSPS) is 16.1. The van der Waals surface area contributed by atoms with Crippen LogP contribution in [0.4, 0.5) is 13.2 Å². The van der Waals surface area contributed by atoms with Crippen molar-refractivity contribution in [2.24, 2.45) is 17.8 Å². The van der Waals surface area contributed by atoms with Crippen LogP contribution in [0, 0.1) is 17.8 Å². The van der Waals surface area contributed by atoms with Gasteiger partial charge in [0.2, 0.25) is 0 Å². The van der Waals surface area contributed by atoms with E-state index in [0.29, 0.717) is 23.8 Å². The lowest BCUT2D eigenvalue weighted by atomic mass is 9.86. The van der Waals surface area contributed by atoms with E-state index in [-0.39, 0.29) is 0 Å². The topological polar surface area (TPSA) is 20.2 Å². The van der Waals surface area contributed by atoms with Gasteiger partial charge in [0, 0.05) is 0 Å². The standard InChI is InChI=1S/C19H29F3O/c1-5-13(2)10-15(4)11-14(3)6-7-16-8-9-18(23)17(12-16)19(20,21)22/h8-9,12-15,23H,5-7,10-11H2,1-4H3. The van der Waals surface area contributed by atoms with Crippen LogP contribution in [0.3, 0.4) is 0 Å². The molecule has 0 aliphatic carbocycles. The number of phenolic OH excluding ortho intramolecular Hbond substituents is 1. The summed E-state index contributed by atoms with van der Waals surface area (Å²) in [5, 5.41) is 9.35. The molecule has 1 rings (SSSR count). The van der Waals surface area contributed by atoms with E-state index in [1.165, 1.54) is 12.8 Å². The van der Waals surface area contributed by atoms with E-state index in [1.807, 2.05) is 0 Å². The maximum atomic E-state index is 12.8. The first-order valence-electron chi connectivity index (χ1n) is 8.52. The number of benzene rings is 1. The Hall–Kier alpha value is -1.19. The summed E-state index contributed by atoms with van der Waals surface area (Å²) in [4.78, 5) is 0. The lowest BCUT2D eigenvalue weighted by Crippen LogP contribution is -2.09. The Morgan fingerprint density at radius 2 is 1.61 bits per heavy atom. The van der Waals surface area contributed by atoms with Crippen LogP contribution in [0.25, 0.3) is 0 Å². The van der Waals surface area contributed by atoms with Gasteiger partial charge >= 0.3 is 6.18 Å². The number of aryl methyl sites for hydroxylation is 1. The molecule has 1 nitrogen and oxygen atoms in total.